The van der Waals surface area contributed by atoms with E-state index in [-0.39, 0.29) is 11.7 Å². The van der Waals surface area contributed by atoms with Gasteiger partial charge in [0.25, 0.3) is 0 Å². The van der Waals surface area contributed by atoms with Gasteiger partial charge in [0.15, 0.2) is 0 Å². The Bertz CT molecular complexity index is 792. The van der Waals surface area contributed by atoms with Gasteiger partial charge in [-0.3, -0.25) is 9.69 Å². The van der Waals surface area contributed by atoms with Gasteiger partial charge in [-0.15, -0.1) is 0 Å². The van der Waals surface area contributed by atoms with Gasteiger partial charge >= 0.3 is 6.09 Å². The number of benzene rings is 2. The lowest BCUT2D eigenvalue weighted by Gasteiger charge is -2.33. The van der Waals surface area contributed by atoms with Crippen LogP contribution in [-0.4, -0.2) is 41.2 Å². The number of ether oxygens (including phenoxy) is 1. The highest BCUT2D eigenvalue weighted by Gasteiger charge is 2.33. The predicted octanol–water partition coefficient (Wildman–Crippen LogP) is 3.09. The van der Waals surface area contributed by atoms with E-state index in [0.29, 0.717) is 31.7 Å². The van der Waals surface area contributed by atoms with Crippen LogP contribution in [0.2, 0.25) is 0 Å². The van der Waals surface area contributed by atoms with Gasteiger partial charge in [0, 0.05) is 13.0 Å². The number of rotatable bonds is 5. The fraction of sp³-hybridized carbons (Fsp3) is 0.300. The van der Waals surface area contributed by atoms with Crippen LogP contribution < -0.4 is 5.32 Å². The Morgan fingerprint density at radius 3 is 2.77 bits per heavy atom. The molecule has 2 aromatic rings. The quantitative estimate of drug-likeness (QED) is 0.809. The molecular weight excluding hydrogens is 332 g/mol. The van der Waals surface area contributed by atoms with Gasteiger partial charge in [-0.1, -0.05) is 36.4 Å². The highest BCUT2D eigenvalue weighted by Crippen LogP contribution is 2.25. The van der Waals surface area contributed by atoms with Crippen LogP contribution in [0.5, 0.6) is 5.75 Å². The molecule has 2 aromatic carbocycles. The average molecular weight is 354 g/mol. The van der Waals surface area contributed by atoms with Gasteiger partial charge in [-0.05, 0) is 36.6 Å². The van der Waals surface area contributed by atoms with E-state index in [1.807, 2.05) is 37.3 Å². The average Bonchev–Trinajstić information content (AvgIpc) is 2.64. The van der Waals surface area contributed by atoms with Gasteiger partial charge in [0.2, 0.25) is 5.91 Å². The Morgan fingerprint density at radius 2 is 2.04 bits per heavy atom. The topological polar surface area (TPSA) is 78.9 Å². The SMILES string of the molecule is Cc1ccc(O)c(NC(=O)C(Cc2ccccc2)N2CCCOC2=O)c1. The maximum absolute atomic E-state index is 13.0. The van der Waals surface area contributed by atoms with Crippen LogP contribution in [0.3, 0.4) is 0 Å². The molecule has 0 saturated carbocycles. The number of aromatic hydroxyl groups is 1. The second kappa shape index (κ2) is 7.91. The summed E-state index contributed by atoms with van der Waals surface area (Å²) in [5.41, 5.74) is 2.19. The second-order valence-corrected chi connectivity index (χ2v) is 6.38. The zero-order chi connectivity index (χ0) is 18.5. The highest BCUT2D eigenvalue weighted by molar-refractivity contribution is 5.98. The molecule has 6 heteroatoms. The Kier molecular flexibility index (Phi) is 5.41. The van der Waals surface area contributed by atoms with Crippen LogP contribution in [0.25, 0.3) is 0 Å². The summed E-state index contributed by atoms with van der Waals surface area (Å²) in [5.74, 6) is -0.364. The number of phenols is 1. The molecule has 2 amide bonds. The molecule has 1 unspecified atom stereocenters. The number of anilines is 1. The van der Waals surface area contributed by atoms with E-state index < -0.39 is 12.1 Å². The third-order valence-corrected chi connectivity index (χ3v) is 4.36. The van der Waals surface area contributed by atoms with Crippen LogP contribution >= 0.6 is 0 Å². The number of nitrogens with zero attached hydrogens (tertiary/aromatic N) is 1. The minimum absolute atomic E-state index is 0.0105. The maximum atomic E-state index is 13.0. The molecule has 26 heavy (non-hydrogen) atoms. The van der Waals surface area contributed by atoms with Gasteiger partial charge in [-0.2, -0.15) is 0 Å². The van der Waals surface area contributed by atoms with E-state index in [2.05, 4.69) is 5.32 Å². The first-order valence-electron chi connectivity index (χ1n) is 8.62. The summed E-state index contributed by atoms with van der Waals surface area (Å²) in [6, 6.07) is 13.8. The second-order valence-electron chi connectivity index (χ2n) is 6.38. The summed E-state index contributed by atoms with van der Waals surface area (Å²) in [6.07, 6.45) is 0.565. The molecule has 0 bridgehead atoms. The van der Waals surface area contributed by atoms with E-state index in [4.69, 9.17) is 4.74 Å². The van der Waals surface area contributed by atoms with Crippen molar-refractivity contribution < 1.29 is 19.4 Å². The first-order chi connectivity index (χ1) is 12.5. The Labute approximate surface area is 152 Å². The standard InChI is InChI=1S/C20H22N2O4/c1-14-8-9-18(23)16(12-14)21-19(24)17(13-15-6-3-2-4-7-15)22-10-5-11-26-20(22)25/h2-4,6-9,12,17,23H,5,10-11,13H2,1H3,(H,21,24). The van der Waals surface area contributed by atoms with Gasteiger partial charge in [0.05, 0.1) is 12.3 Å². The molecule has 1 fully saturated rings. The minimum Gasteiger partial charge on any atom is -0.506 e. The normalized spacial score (nSPS) is 15.3. The first kappa shape index (κ1) is 17.8. The molecule has 1 atom stereocenters. The summed E-state index contributed by atoms with van der Waals surface area (Å²) in [7, 11) is 0. The number of phenolic OH excluding ortho intramolecular Hbond substituents is 1. The van der Waals surface area contributed by atoms with Gasteiger partial charge in [0.1, 0.15) is 11.8 Å². The molecule has 3 rings (SSSR count). The molecule has 0 aliphatic carbocycles. The molecule has 0 aromatic heterocycles. The molecular formula is C20H22N2O4. The molecule has 1 saturated heterocycles. The molecule has 1 heterocycles. The van der Waals surface area contributed by atoms with Crippen molar-refractivity contribution in [1.82, 2.24) is 4.90 Å². The van der Waals surface area contributed by atoms with Crippen LogP contribution in [-0.2, 0) is 16.0 Å². The molecule has 0 spiro atoms. The van der Waals surface area contributed by atoms with Crippen molar-refractivity contribution in [3.8, 4) is 5.75 Å². The number of carbonyl (C=O) groups is 2. The highest BCUT2D eigenvalue weighted by atomic mass is 16.6. The van der Waals surface area contributed by atoms with Crippen LogP contribution in [0.4, 0.5) is 10.5 Å². The minimum atomic E-state index is -0.717. The number of nitrogens with one attached hydrogen (secondary N) is 1. The number of cyclic esters (lactones) is 1. The number of carbonyl (C=O) groups excluding carboxylic acids is 2. The third-order valence-electron chi connectivity index (χ3n) is 4.36. The summed E-state index contributed by atoms with van der Waals surface area (Å²) in [5, 5.41) is 12.7. The molecule has 136 valence electrons. The van der Waals surface area contributed by atoms with Gasteiger partial charge < -0.3 is 15.2 Å². The summed E-state index contributed by atoms with van der Waals surface area (Å²) in [6.45, 7) is 2.70. The lowest BCUT2D eigenvalue weighted by atomic mass is 10.0. The molecule has 2 N–H and O–H groups in total. The Balaban J connectivity index is 1.85. The van der Waals surface area contributed by atoms with E-state index in [9.17, 15) is 14.7 Å². The van der Waals surface area contributed by atoms with Crippen molar-refractivity contribution >= 4 is 17.7 Å². The van der Waals surface area contributed by atoms with Gasteiger partial charge in [-0.25, -0.2) is 4.79 Å². The van der Waals surface area contributed by atoms with Crippen molar-refractivity contribution in [3.05, 3.63) is 59.7 Å². The Morgan fingerprint density at radius 1 is 1.27 bits per heavy atom. The number of amides is 2. The van der Waals surface area contributed by atoms with Crippen molar-refractivity contribution in [1.29, 1.82) is 0 Å². The third kappa shape index (κ3) is 4.14. The van der Waals surface area contributed by atoms with Crippen molar-refractivity contribution in [2.75, 3.05) is 18.5 Å². The Hall–Kier alpha value is -3.02. The zero-order valence-electron chi connectivity index (χ0n) is 14.6. The fourth-order valence-corrected chi connectivity index (χ4v) is 3.00. The smallest absolute Gasteiger partial charge is 0.410 e. The molecule has 1 aliphatic rings. The van der Waals surface area contributed by atoms with E-state index >= 15 is 0 Å². The zero-order valence-corrected chi connectivity index (χ0v) is 14.6. The largest absolute Gasteiger partial charge is 0.506 e. The van der Waals surface area contributed by atoms with E-state index in [0.717, 1.165) is 11.1 Å². The van der Waals surface area contributed by atoms with Crippen molar-refractivity contribution in [3.63, 3.8) is 0 Å². The predicted molar refractivity (Wildman–Crippen MR) is 98.1 cm³/mol. The van der Waals surface area contributed by atoms with E-state index in [1.54, 1.807) is 12.1 Å². The lowest BCUT2D eigenvalue weighted by Crippen LogP contribution is -2.51. The van der Waals surface area contributed by atoms with Crippen molar-refractivity contribution in [2.45, 2.75) is 25.8 Å². The van der Waals surface area contributed by atoms with Crippen LogP contribution in [0.15, 0.2) is 48.5 Å². The van der Waals surface area contributed by atoms with Crippen molar-refractivity contribution in [2.24, 2.45) is 0 Å². The molecule has 0 radical (unpaired) electrons. The first-order valence-corrected chi connectivity index (χ1v) is 8.62. The van der Waals surface area contributed by atoms with E-state index in [1.165, 1.54) is 11.0 Å². The number of aryl methyl sites for hydroxylation is 1. The summed E-state index contributed by atoms with van der Waals surface area (Å²) < 4.78 is 5.11. The number of hydrogen-bond donors (Lipinski definition) is 2. The van der Waals surface area contributed by atoms with Crippen LogP contribution in [0.1, 0.15) is 17.5 Å². The molecule has 1 aliphatic heterocycles. The maximum Gasteiger partial charge on any atom is 0.410 e. The summed E-state index contributed by atoms with van der Waals surface area (Å²) >= 11 is 0. The fourth-order valence-electron chi connectivity index (χ4n) is 3.00. The molecule has 6 nitrogen and oxygen atoms in total. The lowest BCUT2D eigenvalue weighted by molar-refractivity contribution is -0.121. The summed E-state index contributed by atoms with van der Waals surface area (Å²) in [4.78, 5) is 26.6. The van der Waals surface area contributed by atoms with Crippen LogP contribution in [0, 0.1) is 6.92 Å². The monoisotopic (exact) mass is 354 g/mol. The number of hydrogen-bond acceptors (Lipinski definition) is 4.